The summed E-state index contributed by atoms with van der Waals surface area (Å²) >= 11 is 0. The van der Waals surface area contributed by atoms with Crippen LogP contribution >= 0.6 is 0 Å². The summed E-state index contributed by atoms with van der Waals surface area (Å²) in [4.78, 5) is 23.9. The zero-order valence-electron chi connectivity index (χ0n) is 9.38. The SMILES string of the molecule is CNC(=O)CCN(C)CC(=O)NCCN. The van der Waals surface area contributed by atoms with Gasteiger partial charge in [0.15, 0.2) is 0 Å². The fraction of sp³-hybridized carbons (Fsp3) is 0.778. The van der Waals surface area contributed by atoms with Gasteiger partial charge in [-0.05, 0) is 7.05 Å². The number of hydrogen-bond acceptors (Lipinski definition) is 4. The van der Waals surface area contributed by atoms with Gasteiger partial charge in [0.05, 0.1) is 6.54 Å². The van der Waals surface area contributed by atoms with Crippen LogP contribution in [0.2, 0.25) is 0 Å². The lowest BCUT2D eigenvalue weighted by molar-refractivity contribution is -0.123. The Labute approximate surface area is 90.2 Å². The van der Waals surface area contributed by atoms with Gasteiger partial charge in [-0.3, -0.25) is 14.5 Å². The molecule has 2 amide bonds. The standard InChI is InChI=1S/C9H20N4O2/c1-11-8(14)3-6-13(2)7-9(15)12-5-4-10/h3-7,10H2,1-2H3,(H,11,14)(H,12,15). The second kappa shape index (κ2) is 8.19. The molecule has 0 bridgehead atoms. The van der Waals surface area contributed by atoms with Crippen molar-refractivity contribution < 1.29 is 9.59 Å². The molecule has 0 aromatic carbocycles. The van der Waals surface area contributed by atoms with Crippen molar-refractivity contribution in [3.05, 3.63) is 0 Å². The van der Waals surface area contributed by atoms with Gasteiger partial charge >= 0.3 is 0 Å². The predicted octanol–water partition coefficient (Wildman–Crippen LogP) is -1.87. The summed E-state index contributed by atoms with van der Waals surface area (Å²) in [6.45, 7) is 1.78. The molecule has 15 heavy (non-hydrogen) atoms. The first-order chi connectivity index (χ1) is 7.10. The molecule has 0 heterocycles. The highest BCUT2D eigenvalue weighted by molar-refractivity contribution is 5.78. The van der Waals surface area contributed by atoms with Gasteiger partial charge in [-0.2, -0.15) is 0 Å². The van der Waals surface area contributed by atoms with Crippen LogP contribution in [0.1, 0.15) is 6.42 Å². The molecular formula is C9H20N4O2. The van der Waals surface area contributed by atoms with Crippen LogP contribution in [0.3, 0.4) is 0 Å². The average molecular weight is 216 g/mol. The van der Waals surface area contributed by atoms with Gasteiger partial charge < -0.3 is 16.4 Å². The zero-order valence-corrected chi connectivity index (χ0v) is 9.38. The van der Waals surface area contributed by atoms with Crippen LogP contribution < -0.4 is 16.4 Å². The Hall–Kier alpha value is -1.14. The van der Waals surface area contributed by atoms with Crippen molar-refractivity contribution in [1.82, 2.24) is 15.5 Å². The summed E-state index contributed by atoms with van der Waals surface area (Å²) in [5.41, 5.74) is 5.24. The van der Waals surface area contributed by atoms with Gasteiger partial charge in [-0.1, -0.05) is 0 Å². The Kier molecular flexibility index (Phi) is 7.57. The molecule has 88 valence electrons. The quantitative estimate of drug-likeness (QED) is 0.465. The molecule has 0 atom stereocenters. The molecule has 0 saturated carbocycles. The summed E-state index contributed by atoms with van der Waals surface area (Å²) in [6, 6.07) is 0. The molecule has 0 aliphatic rings. The van der Waals surface area contributed by atoms with Gasteiger partial charge in [-0.15, -0.1) is 0 Å². The minimum Gasteiger partial charge on any atom is -0.359 e. The molecule has 0 rings (SSSR count). The molecule has 0 radical (unpaired) electrons. The number of nitrogens with one attached hydrogen (secondary N) is 2. The molecule has 0 unspecified atom stereocenters. The minimum atomic E-state index is -0.0696. The highest BCUT2D eigenvalue weighted by Crippen LogP contribution is 1.87. The molecule has 0 aliphatic heterocycles. The molecular weight excluding hydrogens is 196 g/mol. The minimum absolute atomic E-state index is 0.0239. The first-order valence-electron chi connectivity index (χ1n) is 4.96. The first kappa shape index (κ1) is 13.9. The second-order valence-electron chi connectivity index (χ2n) is 3.30. The summed E-state index contributed by atoms with van der Waals surface area (Å²) in [5, 5.41) is 5.18. The van der Waals surface area contributed by atoms with Crippen molar-refractivity contribution in [1.29, 1.82) is 0 Å². The summed E-state index contributed by atoms with van der Waals surface area (Å²) < 4.78 is 0. The van der Waals surface area contributed by atoms with Crippen molar-refractivity contribution >= 4 is 11.8 Å². The van der Waals surface area contributed by atoms with Crippen LogP contribution in [0.15, 0.2) is 0 Å². The number of amides is 2. The van der Waals surface area contributed by atoms with E-state index in [9.17, 15) is 9.59 Å². The monoisotopic (exact) mass is 216 g/mol. The van der Waals surface area contributed by atoms with Crippen LogP contribution in [0.25, 0.3) is 0 Å². The van der Waals surface area contributed by atoms with Crippen LogP contribution in [0.5, 0.6) is 0 Å². The summed E-state index contributed by atoms with van der Waals surface area (Å²) in [5.74, 6) is -0.0935. The number of carbonyl (C=O) groups is 2. The normalized spacial score (nSPS) is 10.1. The van der Waals surface area contributed by atoms with Crippen molar-refractivity contribution in [2.45, 2.75) is 6.42 Å². The van der Waals surface area contributed by atoms with Gasteiger partial charge in [0.2, 0.25) is 11.8 Å². The Morgan fingerprint density at radius 2 is 2.00 bits per heavy atom. The third-order valence-corrected chi connectivity index (χ3v) is 1.88. The number of rotatable bonds is 7. The van der Waals surface area contributed by atoms with Crippen LogP contribution in [-0.2, 0) is 9.59 Å². The summed E-state index contributed by atoms with van der Waals surface area (Å²) in [6.07, 6.45) is 0.400. The maximum atomic E-state index is 11.2. The number of carbonyl (C=O) groups excluding carboxylic acids is 2. The van der Waals surface area contributed by atoms with E-state index in [1.807, 2.05) is 0 Å². The topological polar surface area (TPSA) is 87.5 Å². The van der Waals surface area contributed by atoms with Crippen molar-refractivity contribution in [3.63, 3.8) is 0 Å². The Bertz CT molecular complexity index is 208. The second-order valence-corrected chi connectivity index (χ2v) is 3.30. The molecule has 0 fully saturated rings. The summed E-state index contributed by atoms with van der Waals surface area (Å²) in [7, 11) is 3.39. The largest absolute Gasteiger partial charge is 0.359 e. The van der Waals surface area contributed by atoms with E-state index in [1.165, 1.54) is 0 Å². The van der Waals surface area contributed by atoms with E-state index < -0.39 is 0 Å². The third kappa shape index (κ3) is 7.90. The fourth-order valence-electron chi connectivity index (χ4n) is 1.01. The van der Waals surface area contributed by atoms with Crippen molar-refractivity contribution in [2.24, 2.45) is 5.73 Å². The van der Waals surface area contributed by atoms with E-state index in [1.54, 1.807) is 19.0 Å². The van der Waals surface area contributed by atoms with Gasteiger partial charge in [-0.25, -0.2) is 0 Å². The van der Waals surface area contributed by atoms with E-state index in [4.69, 9.17) is 5.73 Å². The zero-order chi connectivity index (χ0) is 11.7. The van der Waals surface area contributed by atoms with Crippen LogP contribution in [-0.4, -0.2) is 57.0 Å². The molecule has 4 N–H and O–H groups in total. The number of hydrogen-bond donors (Lipinski definition) is 3. The molecule has 0 spiro atoms. The lowest BCUT2D eigenvalue weighted by Crippen LogP contribution is -2.38. The van der Waals surface area contributed by atoms with E-state index in [0.717, 1.165) is 0 Å². The maximum absolute atomic E-state index is 11.2. The molecule has 0 aliphatic carbocycles. The lowest BCUT2D eigenvalue weighted by atomic mass is 10.3. The van der Waals surface area contributed by atoms with Crippen LogP contribution in [0.4, 0.5) is 0 Å². The fourth-order valence-corrected chi connectivity index (χ4v) is 1.01. The third-order valence-electron chi connectivity index (χ3n) is 1.88. The van der Waals surface area contributed by atoms with E-state index in [-0.39, 0.29) is 18.4 Å². The maximum Gasteiger partial charge on any atom is 0.234 e. The van der Waals surface area contributed by atoms with Gasteiger partial charge in [0.1, 0.15) is 0 Å². The highest BCUT2D eigenvalue weighted by Gasteiger charge is 2.06. The molecule has 6 nitrogen and oxygen atoms in total. The van der Waals surface area contributed by atoms with Gasteiger partial charge in [0.25, 0.3) is 0 Å². The smallest absolute Gasteiger partial charge is 0.234 e. The van der Waals surface area contributed by atoms with Crippen LogP contribution in [0, 0.1) is 0 Å². The Morgan fingerprint density at radius 1 is 1.33 bits per heavy atom. The molecule has 0 saturated heterocycles. The number of likely N-dealkylation sites (N-methyl/N-ethyl adjacent to an activating group) is 1. The van der Waals surface area contributed by atoms with E-state index in [2.05, 4.69) is 10.6 Å². The van der Waals surface area contributed by atoms with Crippen molar-refractivity contribution in [2.75, 3.05) is 40.3 Å². The number of nitrogens with two attached hydrogens (primary N) is 1. The average Bonchev–Trinajstić information content (AvgIpc) is 2.22. The molecule has 0 aromatic heterocycles. The lowest BCUT2D eigenvalue weighted by Gasteiger charge is -2.15. The Morgan fingerprint density at radius 3 is 2.53 bits per heavy atom. The van der Waals surface area contributed by atoms with Gasteiger partial charge in [0, 0.05) is 33.1 Å². The molecule has 0 aromatic rings. The first-order valence-corrected chi connectivity index (χ1v) is 4.96. The number of nitrogens with zero attached hydrogens (tertiary/aromatic N) is 1. The van der Waals surface area contributed by atoms with Crippen molar-refractivity contribution in [3.8, 4) is 0 Å². The van der Waals surface area contributed by atoms with E-state index >= 15 is 0 Å². The highest BCUT2D eigenvalue weighted by atomic mass is 16.2. The Balaban J connectivity index is 3.59. The predicted molar refractivity (Wildman–Crippen MR) is 58.2 cm³/mol. The molecule has 6 heteroatoms. The van der Waals surface area contributed by atoms with E-state index in [0.29, 0.717) is 26.1 Å².